The highest BCUT2D eigenvalue weighted by Gasteiger charge is 2.03. The number of benzene rings is 1. The lowest BCUT2D eigenvalue weighted by Gasteiger charge is -2.12. The number of hydrogen-bond acceptors (Lipinski definition) is 6. The van der Waals surface area contributed by atoms with Crippen LogP contribution in [0.3, 0.4) is 0 Å². The molecule has 2 aromatic heterocycles. The third-order valence-corrected chi connectivity index (χ3v) is 3.43. The van der Waals surface area contributed by atoms with Crippen molar-refractivity contribution in [1.29, 1.82) is 0 Å². The molecule has 0 fully saturated rings. The quantitative estimate of drug-likeness (QED) is 0.750. The molecule has 0 saturated carbocycles. The van der Waals surface area contributed by atoms with Crippen LogP contribution in [0.15, 0.2) is 49.2 Å². The molecule has 0 atom stereocenters. The van der Waals surface area contributed by atoms with Crippen LogP contribution in [-0.2, 0) is 6.54 Å². The van der Waals surface area contributed by atoms with Crippen molar-refractivity contribution in [3.8, 4) is 11.3 Å². The summed E-state index contributed by atoms with van der Waals surface area (Å²) in [6.07, 6.45) is 4.97. The first kappa shape index (κ1) is 15.0. The smallest absolute Gasteiger partial charge is 0.223 e. The number of nitrogens with one attached hydrogen (secondary N) is 1. The lowest BCUT2D eigenvalue weighted by atomic mass is 10.1. The molecule has 1 aromatic carbocycles. The van der Waals surface area contributed by atoms with Crippen molar-refractivity contribution >= 4 is 11.6 Å². The maximum absolute atomic E-state index is 4.56. The van der Waals surface area contributed by atoms with E-state index in [9.17, 15) is 0 Å². The second-order valence-corrected chi connectivity index (χ2v) is 5.29. The minimum absolute atomic E-state index is 0.610. The van der Waals surface area contributed by atoms with E-state index in [0.717, 1.165) is 16.9 Å². The maximum atomic E-state index is 4.56. The molecule has 0 bridgehead atoms. The number of nitrogens with zero attached hydrogens (tertiary/aromatic N) is 6. The summed E-state index contributed by atoms with van der Waals surface area (Å²) >= 11 is 0. The standard InChI is InChI=1S/C16H19N7/c1-22(2)14-5-3-13(4-6-14)15-7-8-18-16(21-15)19-9-10-23-12-17-11-20-23/h3-8,11-12H,9-10H2,1-2H3,(H,18,19,21). The third-order valence-electron chi connectivity index (χ3n) is 3.43. The van der Waals surface area contributed by atoms with E-state index in [1.54, 1.807) is 17.2 Å². The van der Waals surface area contributed by atoms with Gasteiger partial charge in [0, 0.05) is 38.1 Å². The Labute approximate surface area is 135 Å². The Morgan fingerprint density at radius 3 is 2.65 bits per heavy atom. The molecule has 0 aliphatic heterocycles. The van der Waals surface area contributed by atoms with Gasteiger partial charge in [-0.25, -0.2) is 15.0 Å². The predicted molar refractivity (Wildman–Crippen MR) is 90.3 cm³/mol. The summed E-state index contributed by atoms with van der Waals surface area (Å²) in [5.41, 5.74) is 3.12. The number of hydrogen-bond donors (Lipinski definition) is 1. The average molecular weight is 309 g/mol. The highest BCUT2D eigenvalue weighted by Crippen LogP contribution is 2.21. The Morgan fingerprint density at radius 2 is 1.96 bits per heavy atom. The largest absolute Gasteiger partial charge is 0.378 e. The van der Waals surface area contributed by atoms with Crippen molar-refractivity contribution in [1.82, 2.24) is 24.7 Å². The van der Waals surface area contributed by atoms with Crippen LogP contribution in [0.4, 0.5) is 11.6 Å². The van der Waals surface area contributed by atoms with Crippen LogP contribution >= 0.6 is 0 Å². The molecule has 7 nitrogen and oxygen atoms in total. The van der Waals surface area contributed by atoms with Crippen molar-refractivity contribution in [3.63, 3.8) is 0 Å². The molecule has 0 saturated heterocycles. The van der Waals surface area contributed by atoms with Gasteiger partial charge in [0.15, 0.2) is 0 Å². The minimum Gasteiger partial charge on any atom is -0.378 e. The van der Waals surface area contributed by atoms with E-state index < -0.39 is 0 Å². The Bertz CT molecular complexity index is 735. The molecule has 23 heavy (non-hydrogen) atoms. The van der Waals surface area contributed by atoms with Gasteiger partial charge in [-0.05, 0) is 18.2 Å². The molecule has 3 rings (SSSR count). The van der Waals surface area contributed by atoms with Gasteiger partial charge in [0.25, 0.3) is 0 Å². The van der Waals surface area contributed by atoms with Crippen molar-refractivity contribution in [2.45, 2.75) is 6.54 Å². The summed E-state index contributed by atoms with van der Waals surface area (Å²) in [7, 11) is 4.05. The summed E-state index contributed by atoms with van der Waals surface area (Å²) in [5.74, 6) is 0.610. The van der Waals surface area contributed by atoms with Crippen LogP contribution in [-0.4, -0.2) is 45.4 Å². The molecule has 7 heteroatoms. The van der Waals surface area contributed by atoms with Crippen LogP contribution < -0.4 is 10.2 Å². The number of anilines is 2. The van der Waals surface area contributed by atoms with E-state index in [4.69, 9.17) is 0 Å². The van der Waals surface area contributed by atoms with E-state index in [-0.39, 0.29) is 0 Å². The van der Waals surface area contributed by atoms with Crippen LogP contribution in [0, 0.1) is 0 Å². The monoisotopic (exact) mass is 309 g/mol. The molecule has 2 heterocycles. The molecule has 0 spiro atoms. The predicted octanol–water partition coefficient (Wildman–Crippen LogP) is 1.91. The van der Waals surface area contributed by atoms with E-state index >= 15 is 0 Å². The molecule has 1 N–H and O–H groups in total. The van der Waals surface area contributed by atoms with Crippen LogP contribution in [0.5, 0.6) is 0 Å². The Morgan fingerprint density at radius 1 is 1.13 bits per heavy atom. The zero-order chi connectivity index (χ0) is 16.1. The first-order valence-corrected chi connectivity index (χ1v) is 7.39. The van der Waals surface area contributed by atoms with Gasteiger partial charge in [0.1, 0.15) is 12.7 Å². The summed E-state index contributed by atoms with van der Waals surface area (Å²) < 4.78 is 1.76. The normalized spacial score (nSPS) is 10.5. The zero-order valence-electron chi connectivity index (χ0n) is 13.2. The average Bonchev–Trinajstić information content (AvgIpc) is 3.09. The second kappa shape index (κ2) is 6.87. The summed E-state index contributed by atoms with van der Waals surface area (Å²) in [6.45, 7) is 1.40. The molecule has 0 amide bonds. The molecule has 3 aromatic rings. The fourth-order valence-electron chi connectivity index (χ4n) is 2.17. The molecule has 0 unspecified atom stereocenters. The van der Waals surface area contributed by atoms with Crippen LogP contribution in [0.25, 0.3) is 11.3 Å². The molecule has 0 aliphatic carbocycles. The first-order valence-electron chi connectivity index (χ1n) is 7.39. The van der Waals surface area contributed by atoms with E-state index in [2.05, 4.69) is 54.5 Å². The highest BCUT2D eigenvalue weighted by atomic mass is 15.3. The van der Waals surface area contributed by atoms with Crippen molar-refractivity contribution in [3.05, 3.63) is 49.2 Å². The zero-order valence-corrected chi connectivity index (χ0v) is 13.2. The number of rotatable bonds is 6. The first-order chi connectivity index (χ1) is 11.2. The van der Waals surface area contributed by atoms with E-state index in [1.807, 2.05) is 20.2 Å². The van der Waals surface area contributed by atoms with E-state index in [0.29, 0.717) is 19.0 Å². The van der Waals surface area contributed by atoms with E-state index in [1.165, 1.54) is 6.33 Å². The highest BCUT2D eigenvalue weighted by molar-refractivity contribution is 5.63. The number of aromatic nitrogens is 5. The Balaban J connectivity index is 1.66. The van der Waals surface area contributed by atoms with Gasteiger partial charge in [0.2, 0.25) is 5.95 Å². The topological polar surface area (TPSA) is 71.8 Å². The molecule has 0 aliphatic rings. The van der Waals surface area contributed by atoms with Crippen molar-refractivity contribution < 1.29 is 0 Å². The molecule has 0 radical (unpaired) electrons. The summed E-state index contributed by atoms with van der Waals surface area (Å²) in [4.78, 5) is 14.8. The van der Waals surface area contributed by atoms with Crippen LogP contribution in [0.2, 0.25) is 0 Å². The second-order valence-electron chi connectivity index (χ2n) is 5.29. The Kier molecular flexibility index (Phi) is 4.46. The van der Waals surface area contributed by atoms with Gasteiger partial charge in [0.05, 0.1) is 12.2 Å². The maximum Gasteiger partial charge on any atom is 0.223 e. The van der Waals surface area contributed by atoms with Gasteiger partial charge >= 0.3 is 0 Å². The Hall–Kier alpha value is -2.96. The van der Waals surface area contributed by atoms with Gasteiger partial charge in [-0.2, -0.15) is 5.10 Å². The van der Waals surface area contributed by atoms with Gasteiger partial charge in [-0.15, -0.1) is 0 Å². The van der Waals surface area contributed by atoms with Gasteiger partial charge in [-0.3, -0.25) is 4.68 Å². The van der Waals surface area contributed by atoms with Gasteiger partial charge in [-0.1, -0.05) is 12.1 Å². The minimum atomic E-state index is 0.610. The lowest BCUT2D eigenvalue weighted by molar-refractivity contribution is 0.634. The fourth-order valence-corrected chi connectivity index (χ4v) is 2.17. The van der Waals surface area contributed by atoms with Crippen molar-refractivity contribution in [2.24, 2.45) is 0 Å². The SMILES string of the molecule is CN(C)c1ccc(-c2ccnc(NCCn3cncn3)n2)cc1. The van der Waals surface area contributed by atoms with Gasteiger partial charge < -0.3 is 10.2 Å². The lowest BCUT2D eigenvalue weighted by Crippen LogP contribution is -2.12. The molecular weight excluding hydrogens is 290 g/mol. The van der Waals surface area contributed by atoms with Crippen molar-refractivity contribution in [2.75, 3.05) is 30.9 Å². The molecule has 118 valence electrons. The molecular formula is C16H19N7. The summed E-state index contributed by atoms with van der Waals surface area (Å²) in [5, 5.41) is 7.26. The van der Waals surface area contributed by atoms with Crippen LogP contribution in [0.1, 0.15) is 0 Å². The fraction of sp³-hybridized carbons (Fsp3) is 0.250. The summed E-state index contributed by atoms with van der Waals surface area (Å²) in [6, 6.07) is 10.2. The third kappa shape index (κ3) is 3.82.